The van der Waals surface area contributed by atoms with Gasteiger partial charge in [0.2, 0.25) is 5.91 Å². The molecule has 1 amide bonds. The van der Waals surface area contributed by atoms with Crippen molar-refractivity contribution in [1.29, 1.82) is 0 Å². The number of nitro benzene ring substituents is 1. The lowest BCUT2D eigenvalue weighted by Gasteiger charge is -2.25. The van der Waals surface area contributed by atoms with Crippen LogP contribution in [0.2, 0.25) is 0 Å². The van der Waals surface area contributed by atoms with Crippen LogP contribution >= 0.6 is 0 Å². The van der Waals surface area contributed by atoms with Gasteiger partial charge in [-0.25, -0.2) is 0 Å². The van der Waals surface area contributed by atoms with E-state index in [1.54, 1.807) is 7.05 Å². The van der Waals surface area contributed by atoms with Crippen LogP contribution in [0, 0.1) is 10.1 Å². The molecule has 1 aliphatic heterocycles. The van der Waals surface area contributed by atoms with Crippen LogP contribution < -0.4 is 15.5 Å². The number of hydrogen-bond acceptors (Lipinski definition) is 5. The first-order valence-corrected chi connectivity index (χ1v) is 7.08. The summed E-state index contributed by atoms with van der Waals surface area (Å²) in [4.78, 5) is 24.5. The molecule has 2 rings (SSSR count). The van der Waals surface area contributed by atoms with E-state index in [1.807, 2.05) is 17.9 Å². The fourth-order valence-corrected chi connectivity index (χ4v) is 2.69. The van der Waals surface area contributed by atoms with Crippen LogP contribution in [-0.2, 0) is 4.79 Å². The molecule has 0 bridgehead atoms. The van der Waals surface area contributed by atoms with Gasteiger partial charge < -0.3 is 15.5 Å². The minimum absolute atomic E-state index is 0.0333. The minimum Gasteiger partial charge on any atom is -0.385 e. The third-order valence-corrected chi connectivity index (χ3v) is 3.63. The second-order valence-corrected chi connectivity index (χ2v) is 4.99. The first-order chi connectivity index (χ1) is 10.1. The Morgan fingerprint density at radius 2 is 2.24 bits per heavy atom. The molecule has 7 heteroatoms. The average Bonchev–Trinajstić information content (AvgIpc) is 2.95. The third kappa shape index (κ3) is 3.24. The van der Waals surface area contributed by atoms with E-state index < -0.39 is 4.92 Å². The second-order valence-electron chi connectivity index (χ2n) is 4.99. The van der Waals surface area contributed by atoms with Crippen molar-refractivity contribution >= 4 is 23.0 Å². The van der Waals surface area contributed by atoms with E-state index in [-0.39, 0.29) is 17.6 Å². The van der Waals surface area contributed by atoms with Crippen molar-refractivity contribution in [2.24, 2.45) is 0 Å². The largest absolute Gasteiger partial charge is 0.385 e. The van der Waals surface area contributed by atoms with Gasteiger partial charge >= 0.3 is 0 Å². The lowest BCUT2D eigenvalue weighted by Crippen LogP contribution is -2.42. The molecule has 1 atom stereocenters. The number of anilines is 2. The van der Waals surface area contributed by atoms with Gasteiger partial charge in [-0.15, -0.1) is 0 Å². The molecule has 21 heavy (non-hydrogen) atoms. The summed E-state index contributed by atoms with van der Waals surface area (Å²) < 4.78 is 0. The Bertz CT molecular complexity index is 547. The van der Waals surface area contributed by atoms with Gasteiger partial charge in [-0.05, 0) is 25.8 Å². The van der Waals surface area contributed by atoms with Crippen molar-refractivity contribution in [2.75, 3.05) is 30.4 Å². The van der Waals surface area contributed by atoms with Crippen LogP contribution in [0.3, 0.4) is 0 Å². The van der Waals surface area contributed by atoms with Crippen LogP contribution in [-0.4, -0.2) is 37.0 Å². The summed E-state index contributed by atoms with van der Waals surface area (Å²) in [5.74, 6) is -0.0518. The lowest BCUT2D eigenvalue weighted by atomic mass is 10.1. The Morgan fingerprint density at radius 3 is 2.86 bits per heavy atom. The molecule has 0 aromatic heterocycles. The van der Waals surface area contributed by atoms with Crippen LogP contribution in [0.25, 0.3) is 0 Å². The maximum atomic E-state index is 11.9. The number of hydrogen-bond donors (Lipinski definition) is 2. The highest BCUT2D eigenvalue weighted by atomic mass is 16.6. The van der Waals surface area contributed by atoms with Crippen molar-refractivity contribution in [3.05, 3.63) is 28.3 Å². The van der Waals surface area contributed by atoms with Gasteiger partial charge in [-0.3, -0.25) is 14.9 Å². The van der Waals surface area contributed by atoms with Gasteiger partial charge in [0.25, 0.3) is 5.69 Å². The highest BCUT2D eigenvalue weighted by Gasteiger charge is 2.31. The molecule has 1 aliphatic rings. The number of carbonyl (C=O) groups is 1. The normalized spacial score (nSPS) is 17.6. The van der Waals surface area contributed by atoms with E-state index in [0.717, 1.165) is 19.4 Å². The predicted molar refractivity (Wildman–Crippen MR) is 81.7 cm³/mol. The number of amides is 1. The summed E-state index contributed by atoms with van der Waals surface area (Å²) in [6, 6.07) is 4.64. The maximum Gasteiger partial charge on any atom is 0.273 e. The summed E-state index contributed by atoms with van der Waals surface area (Å²) >= 11 is 0. The second kappa shape index (κ2) is 6.43. The molecule has 0 aliphatic carbocycles. The van der Waals surface area contributed by atoms with Crippen molar-refractivity contribution in [3.63, 3.8) is 0 Å². The van der Waals surface area contributed by atoms with E-state index in [4.69, 9.17) is 0 Å². The Hall–Kier alpha value is -2.31. The van der Waals surface area contributed by atoms with Gasteiger partial charge in [-0.2, -0.15) is 0 Å². The highest BCUT2D eigenvalue weighted by Crippen LogP contribution is 2.31. The molecule has 1 aromatic rings. The molecule has 0 radical (unpaired) electrons. The minimum atomic E-state index is -0.407. The number of nitrogens with zero attached hydrogens (tertiary/aromatic N) is 2. The summed E-state index contributed by atoms with van der Waals surface area (Å²) in [7, 11) is 1.61. The predicted octanol–water partition coefficient (Wildman–Crippen LogP) is 1.74. The van der Waals surface area contributed by atoms with Gasteiger partial charge in [0.1, 0.15) is 6.04 Å². The van der Waals surface area contributed by atoms with Crippen LogP contribution in [0.1, 0.15) is 19.8 Å². The van der Waals surface area contributed by atoms with Crippen LogP contribution in [0.15, 0.2) is 18.2 Å². The van der Waals surface area contributed by atoms with Gasteiger partial charge in [0.15, 0.2) is 0 Å². The number of benzene rings is 1. The molecular weight excluding hydrogens is 272 g/mol. The first-order valence-electron chi connectivity index (χ1n) is 7.08. The smallest absolute Gasteiger partial charge is 0.273 e. The van der Waals surface area contributed by atoms with E-state index in [2.05, 4.69) is 10.6 Å². The Labute approximate surface area is 123 Å². The number of likely N-dealkylation sites (N-methyl/N-ethyl adjacent to an activating group) is 1. The number of rotatable bonds is 5. The van der Waals surface area contributed by atoms with Gasteiger partial charge in [0.05, 0.1) is 4.92 Å². The quantitative estimate of drug-likeness (QED) is 0.637. The highest BCUT2D eigenvalue weighted by molar-refractivity contribution is 5.86. The fourth-order valence-electron chi connectivity index (χ4n) is 2.69. The monoisotopic (exact) mass is 292 g/mol. The maximum absolute atomic E-state index is 11.9. The van der Waals surface area contributed by atoms with E-state index in [1.165, 1.54) is 12.1 Å². The topological polar surface area (TPSA) is 87.5 Å². The molecule has 1 fully saturated rings. The van der Waals surface area contributed by atoms with Crippen molar-refractivity contribution in [3.8, 4) is 0 Å². The molecule has 7 nitrogen and oxygen atoms in total. The summed E-state index contributed by atoms with van der Waals surface area (Å²) in [5, 5.41) is 16.8. The number of non-ortho nitro benzene ring substituents is 1. The summed E-state index contributed by atoms with van der Waals surface area (Å²) in [5.41, 5.74) is 1.45. The molecule has 1 heterocycles. The zero-order valence-electron chi connectivity index (χ0n) is 12.3. The van der Waals surface area contributed by atoms with Gasteiger partial charge in [-0.1, -0.05) is 0 Å². The Kier molecular flexibility index (Phi) is 4.62. The number of nitrogens with one attached hydrogen (secondary N) is 2. The van der Waals surface area contributed by atoms with E-state index >= 15 is 0 Å². The van der Waals surface area contributed by atoms with Crippen molar-refractivity contribution in [2.45, 2.75) is 25.8 Å². The molecule has 114 valence electrons. The molecule has 1 aromatic carbocycles. The third-order valence-electron chi connectivity index (χ3n) is 3.63. The molecule has 2 N–H and O–H groups in total. The van der Waals surface area contributed by atoms with Crippen LogP contribution in [0.5, 0.6) is 0 Å². The standard InChI is InChI=1S/C14H20N4O3/c1-3-16-10-7-11(9-12(8-10)18(20)21)17-6-4-5-13(17)14(19)15-2/h7-9,13,16H,3-6H2,1-2H3,(H,15,19). The molecule has 0 saturated carbocycles. The van der Waals surface area contributed by atoms with Crippen molar-refractivity contribution in [1.82, 2.24) is 5.32 Å². The molecular formula is C14H20N4O3. The van der Waals surface area contributed by atoms with E-state index in [0.29, 0.717) is 17.9 Å². The zero-order valence-corrected chi connectivity index (χ0v) is 12.3. The zero-order chi connectivity index (χ0) is 15.4. The lowest BCUT2D eigenvalue weighted by molar-refractivity contribution is -0.384. The van der Waals surface area contributed by atoms with Crippen molar-refractivity contribution < 1.29 is 9.72 Å². The van der Waals surface area contributed by atoms with Gasteiger partial charge in [0, 0.05) is 43.6 Å². The Balaban J connectivity index is 2.37. The first kappa shape index (κ1) is 15.1. The number of carbonyl (C=O) groups excluding carboxylic acids is 1. The molecule has 1 saturated heterocycles. The Morgan fingerprint density at radius 1 is 1.48 bits per heavy atom. The SMILES string of the molecule is CCNc1cc(N2CCCC2C(=O)NC)cc([N+](=O)[O-])c1. The summed E-state index contributed by atoms with van der Waals surface area (Å²) in [6.07, 6.45) is 1.66. The molecule has 1 unspecified atom stereocenters. The van der Waals surface area contributed by atoms with E-state index in [9.17, 15) is 14.9 Å². The van der Waals surface area contributed by atoms with Crippen LogP contribution in [0.4, 0.5) is 17.1 Å². The number of nitro groups is 1. The molecule has 0 spiro atoms. The summed E-state index contributed by atoms with van der Waals surface area (Å²) in [6.45, 7) is 3.34. The average molecular weight is 292 g/mol. The fraction of sp³-hybridized carbons (Fsp3) is 0.500.